The lowest BCUT2D eigenvalue weighted by Gasteiger charge is -2.45. The van der Waals surface area contributed by atoms with Crippen LogP contribution >= 0.6 is 21.6 Å². The van der Waals surface area contributed by atoms with E-state index in [0.717, 1.165) is 120 Å². The van der Waals surface area contributed by atoms with Crippen LogP contribution in [0.5, 0.6) is 11.5 Å². The molecule has 5 heterocycles. The van der Waals surface area contributed by atoms with Gasteiger partial charge in [0.2, 0.25) is 5.91 Å². The minimum Gasteiger partial charge on any atom is -0.504 e. The minimum absolute atomic E-state index is 0.0532. The van der Waals surface area contributed by atoms with Crippen LogP contribution in [0.1, 0.15) is 176 Å². The predicted molar refractivity (Wildman–Crippen MR) is 275 cm³/mol. The summed E-state index contributed by atoms with van der Waals surface area (Å²) in [5.74, 6) is 11.1. The molecule has 0 radical (unpaired) electrons. The van der Waals surface area contributed by atoms with Crippen molar-refractivity contribution in [3.63, 3.8) is 0 Å². The Morgan fingerprint density at radius 3 is 2.65 bits per heavy atom. The minimum atomic E-state index is -0.778. The molecule has 1 saturated heterocycles. The SMILES string of the molecule is CC(=O)O[C@@]12CCc3cc(c(O)c4c3CC[C@@H]3CCC[C@H]3O4)CN3C[C@@]4(CC3=O)[C@@H](c3ccccc3)CC[C@]43C#CC[C@@H]4CC[C@]5(CCC[C@@]5(NC(N)=NC3)SSCCCCC[C@@H](CC1)[C@H](O)C2)C4. The van der Waals surface area contributed by atoms with Gasteiger partial charge >= 0.3 is 5.97 Å². The lowest BCUT2D eigenvalue weighted by molar-refractivity contribution is -0.168. The molecule has 10 aliphatic rings. The van der Waals surface area contributed by atoms with E-state index in [4.69, 9.17) is 20.2 Å². The van der Waals surface area contributed by atoms with E-state index in [2.05, 4.69) is 53.6 Å². The molecular weight excluding hydrogens is 901 g/mol. The molecule has 6 fully saturated rings. The third kappa shape index (κ3) is 8.76. The number of aliphatic imine (C=N–C) groups is 1. The molecular formula is C57H76N4O6S2. The summed E-state index contributed by atoms with van der Waals surface area (Å²) in [5.41, 5.74) is 9.44. The van der Waals surface area contributed by atoms with Crippen LogP contribution in [0.4, 0.5) is 0 Å². The van der Waals surface area contributed by atoms with Crippen molar-refractivity contribution in [3.8, 4) is 23.3 Å². The highest BCUT2D eigenvalue weighted by molar-refractivity contribution is 8.77. The van der Waals surface area contributed by atoms with Gasteiger partial charge in [-0.05, 0) is 163 Å². The number of rotatable bonds is 2. The standard InChI is InChI=1S/C57H76N4O6S2/c1-38(62)67-55-28-20-41(47(63)33-55)14-6-3-7-30-68-69-57-25-10-24-53(57)26-19-39(32-53)11-9-23-54(36-59-52(58)60-57)27-22-46(40-12-4-2-5-13-40)56(54)34-49(64)61(37-56)35-44-31-43(21-29-55)45-18-17-42-15-8-16-48(42)66-51(45)50(44)65/h2,4-5,12-13,31,39,41-42,46-48,63,65H,3,6-8,10-11,14-22,24-30,32-37H2,1H3,(H3,58,59,60)/t39-,41+,42+,46-,47-,48-,53-,54+,55-,56+,57-/m1/s1. The summed E-state index contributed by atoms with van der Waals surface area (Å²) >= 11 is 0. The number of benzene rings is 2. The number of phenols is 1. The molecule has 2 aromatic rings. The highest BCUT2D eigenvalue weighted by Gasteiger charge is 2.65. The lowest BCUT2D eigenvalue weighted by Crippen LogP contribution is -2.56. The zero-order chi connectivity index (χ0) is 47.4. The normalized spacial score (nSPS) is 39.1. The van der Waals surface area contributed by atoms with Crippen molar-refractivity contribution in [2.24, 2.45) is 44.7 Å². The highest BCUT2D eigenvalue weighted by atomic mass is 33.1. The molecule has 4 spiro atoms. The fraction of sp³-hybridized carbons (Fsp3) is 0.702. The molecule has 0 aromatic heterocycles. The summed E-state index contributed by atoms with van der Waals surface area (Å²) in [6.45, 7) is 2.67. The molecule has 5 N–H and O–H groups in total. The monoisotopic (exact) mass is 977 g/mol. The van der Waals surface area contributed by atoms with Crippen LogP contribution in [-0.4, -0.2) is 74.5 Å². The van der Waals surface area contributed by atoms with E-state index in [1.165, 1.54) is 38.2 Å². The molecule has 10 bridgehead atoms. The van der Waals surface area contributed by atoms with E-state index in [9.17, 15) is 15.0 Å². The first-order chi connectivity index (χ1) is 33.4. The number of ether oxygens (including phenoxy) is 2. The molecule has 11 atom stereocenters. The Balaban J connectivity index is 1.00. The molecule has 2 aromatic carbocycles. The van der Waals surface area contributed by atoms with E-state index in [0.29, 0.717) is 67.9 Å². The highest BCUT2D eigenvalue weighted by Crippen LogP contribution is 2.67. The summed E-state index contributed by atoms with van der Waals surface area (Å²) in [4.78, 5) is 35.0. The number of carbonyl (C=O) groups excluding carboxylic acids is 2. The summed E-state index contributed by atoms with van der Waals surface area (Å²) in [6.07, 6.45) is 21.8. The Labute approximate surface area is 418 Å². The molecule has 12 rings (SSSR count). The Morgan fingerprint density at radius 2 is 1.80 bits per heavy atom. The Hall–Kier alpha value is -3.53. The van der Waals surface area contributed by atoms with E-state index in [1.807, 2.05) is 26.5 Å². The molecule has 5 saturated carbocycles. The molecule has 5 aliphatic heterocycles. The van der Waals surface area contributed by atoms with E-state index < -0.39 is 22.5 Å². The molecule has 69 heavy (non-hydrogen) atoms. The number of amides is 1. The van der Waals surface area contributed by atoms with Crippen molar-refractivity contribution in [2.45, 2.75) is 196 Å². The Kier molecular flexibility index (Phi) is 13.3. The fourth-order valence-electron chi connectivity index (χ4n) is 16.0. The maximum Gasteiger partial charge on any atom is 0.303 e. The van der Waals surface area contributed by atoms with Gasteiger partial charge in [-0.3, -0.25) is 14.6 Å². The quantitative estimate of drug-likeness (QED) is 0.130. The third-order valence-electron chi connectivity index (χ3n) is 19.6. The van der Waals surface area contributed by atoms with Gasteiger partial charge in [-0.25, -0.2) is 0 Å². The molecule has 12 heteroatoms. The van der Waals surface area contributed by atoms with Crippen molar-refractivity contribution in [2.75, 3.05) is 18.8 Å². The van der Waals surface area contributed by atoms with Crippen molar-refractivity contribution >= 4 is 39.4 Å². The Morgan fingerprint density at radius 1 is 0.928 bits per heavy atom. The molecule has 1 amide bonds. The lowest BCUT2D eigenvalue weighted by atomic mass is 9.60. The number of hydrogen-bond donors (Lipinski definition) is 4. The number of nitrogens with two attached hydrogens (primary N) is 1. The summed E-state index contributed by atoms with van der Waals surface area (Å²) in [5, 5.41) is 28.2. The fourth-order valence-corrected chi connectivity index (χ4v) is 19.6. The molecule has 372 valence electrons. The van der Waals surface area contributed by atoms with Gasteiger partial charge in [-0.1, -0.05) is 70.7 Å². The van der Waals surface area contributed by atoms with Crippen molar-refractivity contribution in [1.82, 2.24) is 10.2 Å². The van der Waals surface area contributed by atoms with Gasteiger partial charge in [0.15, 0.2) is 17.5 Å². The zero-order valence-electron chi connectivity index (χ0n) is 41.0. The van der Waals surface area contributed by atoms with E-state index in [1.54, 1.807) is 0 Å². The molecule has 0 unspecified atom stereocenters. The van der Waals surface area contributed by atoms with Gasteiger partial charge in [0.25, 0.3) is 0 Å². The number of guanidine groups is 1. The maximum atomic E-state index is 15.0. The number of hydrogen-bond acceptors (Lipinski definition) is 11. The van der Waals surface area contributed by atoms with E-state index >= 15 is 4.79 Å². The van der Waals surface area contributed by atoms with Crippen LogP contribution in [0.15, 0.2) is 41.4 Å². The van der Waals surface area contributed by atoms with Crippen molar-refractivity contribution in [1.29, 1.82) is 0 Å². The number of aryl methyl sites for hydroxylation is 1. The topological polar surface area (TPSA) is 147 Å². The van der Waals surface area contributed by atoms with Crippen LogP contribution in [0.25, 0.3) is 0 Å². The third-order valence-corrected chi connectivity index (χ3v) is 22.9. The maximum absolute atomic E-state index is 15.0. The number of nitrogens with one attached hydrogen (secondary N) is 1. The largest absolute Gasteiger partial charge is 0.504 e. The second kappa shape index (κ2) is 19.1. The van der Waals surface area contributed by atoms with Crippen molar-refractivity contribution < 1.29 is 29.3 Å². The smallest absolute Gasteiger partial charge is 0.303 e. The first-order valence-electron chi connectivity index (χ1n) is 27.1. The first kappa shape index (κ1) is 47.8. The van der Waals surface area contributed by atoms with Crippen LogP contribution in [0, 0.1) is 45.8 Å². The van der Waals surface area contributed by atoms with Crippen LogP contribution in [-0.2, 0) is 33.7 Å². The average Bonchev–Trinajstić information content (AvgIpc) is 4.14. The van der Waals surface area contributed by atoms with Gasteiger partial charge in [-0.2, -0.15) is 0 Å². The van der Waals surface area contributed by atoms with Crippen LogP contribution in [0.3, 0.4) is 0 Å². The van der Waals surface area contributed by atoms with Crippen LogP contribution < -0.4 is 15.8 Å². The number of fused-ring (bicyclic) bond motifs is 12. The number of carbonyl (C=O) groups is 2. The predicted octanol–water partition coefficient (Wildman–Crippen LogP) is 10.5. The number of aromatic hydroxyl groups is 1. The first-order valence-corrected chi connectivity index (χ1v) is 29.4. The second-order valence-electron chi connectivity index (χ2n) is 23.4. The van der Waals surface area contributed by atoms with Crippen molar-refractivity contribution in [3.05, 3.63) is 58.7 Å². The molecule has 5 aliphatic carbocycles. The zero-order valence-corrected chi connectivity index (χ0v) is 42.7. The summed E-state index contributed by atoms with van der Waals surface area (Å²) in [6, 6.07) is 12.9. The van der Waals surface area contributed by atoms with E-state index in [-0.39, 0.29) is 52.4 Å². The molecule has 10 nitrogen and oxygen atoms in total. The van der Waals surface area contributed by atoms with Gasteiger partial charge in [-0.15, -0.1) is 5.92 Å². The van der Waals surface area contributed by atoms with Gasteiger partial charge < -0.3 is 35.6 Å². The average molecular weight is 977 g/mol. The Bertz CT molecular complexity index is 2370. The summed E-state index contributed by atoms with van der Waals surface area (Å²) in [7, 11) is 4.02. The van der Waals surface area contributed by atoms with Gasteiger partial charge in [0, 0.05) is 67.0 Å². The number of aliphatic hydroxyl groups excluding tert-OH is 1. The second-order valence-corrected chi connectivity index (χ2v) is 26.1. The number of esters is 1. The summed E-state index contributed by atoms with van der Waals surface area (Å²) < 4.78 is 13.2. The number of nitrogens with zero attached hydrogens (tertiary/aromatic N) is 2. The number of aliphatic hydroxyl groups is 1. The number of phenolic OH excluding ortho intramolecular Hbond substituents is 1. The van der Waals surface area contributed by atoms with Gasteiger partial charge in [0.05, 0.1) is 18.1 Å². The van der Waals surface area contributed by atoms with Crippen LogP contribution in [0.2, 0.25) is 0 Å². The van der Waals surface area contributed by atoms with Gasteiger partial charge in [0.1, 0.15) is 16.6 Å².